The van der Waals surface area contributed by atoms with Crippen molar-refractivity contribution in [3.05, 3.63) is 35.1 Å². The number of hydrogen-bond acceptors (Lipinski definition) is 3. The lowest BCUT2D eigenvalue weighted by Crippen LogP contribution is -2.49. The molecule has 1 aliphatic heterocycles. The predicted molar refractivity (Wildman–Crippen MR) is 79.2 cm³/mol. The lowest BCUT2D eigenvalue weighted by molar-refractivity contribution is 0.0286. The van der Waals surface area contributed by atoms with Gasteiger partial charge in [0.15, 0.2) is 0 Å². The molecule has 20 heavy (non-hydrogen) atoms. The molecule has 1 fully saturated rings. The second-order valence-electron chi connectivity index (χ2n) is 6.36. The van der Waals surface area contributed by atoms with Gasteiger partial charge in [0.05, 0.1) is 0 Å². The minimum atomic E-state index is -0.383. The summed E-state index contributed by atoms with van der Waals surface area (Å²) in [6, 6.07) is 5.14. The number of nitrogens with one attached hydrogen (secondary N) is 1. The molecule has 3 nitrogen and oxygen atoms in total. The van der Waals surface area contributed by atoms with E-state index in [2.05, 4.69) is 10.2 Å². The van der Waals surface area contributed by atoms with Gasteiger partial charge in [-0.05, 0) is 13.0 Å². The maximum Gasteiger partial charge on any atom is 0.128 e. The summed E-state index contributed by atoms with van der Waals surface area (Å²) in [5.41, 5.74) is 1.37. The Morgan fingerprint density at radius 3 is 2.60 bits per heavy atom. The quantitative estimate of drug-likeness (QED) is 0.886. The van der Waals surface area contributed by atoms with Crippen molar-refractivity contribution >= 4 is 0 Å². The van der Waals surface area contributed by atoms with Crippen molar-refractivity contribution in [3.63, 3.8) is 0 Å². The van der Waals surface area contributed by atoms with Crippen molar-refractivity contribution < 1.29 is 9.50 Å². The summed E-state index contributed by atoms with van der Waals surface area (Å²) < 4.78 is 14.3. The van der Waals surface area contributed by atoms with Gasteiger partial charge in [-0.15, -0.1) is 0 Å². The van der Waals surface area contributed by atoms with Crippen molar-refractivity contribution in [3.8, 4) is 0 Å². The molecular formula is C16H25FN2O. The van der Waals surface area contributed by atoms with Gasteiger partial charge in [-0.3, -0.25) is 4.90 Å². The van der Waals surface area contributed by atoms with Crippen LogP contribution >= 0.6 is 0 Å². The second kappa shape index (κ2) is 6.20. The molecule has 0 radical (unpaired) electrons. The van der Waals surface area contributed by atoms with Crippen LogP contribution in [0.25, 0.3) is 0 Å². The SMILES string of the molecule is Cc1ccc(F)c([C@H](N2CCNCC2)C(C)(C)CO)c1. The van der Waals surface area contributed by atoms with E-state index in [4.69, 9.17) is 0 Å². The van der Waals surface area contributed by atoms with Crippen molar-refractivity contribution in [2.45, 2.75) is 26.8 Å². The standard InChI is InChI=1S/C16H25FN2O/c1-12-4-5-14(17)13(10-12)15(16(2,3)11-20)19-8-6-18-7-9-19/h4-5,10,15,18,20H,6-9,11H2,1-3H3/t15-/m0/s1. The Bertz CT molecular complexity index is 456. The average molecular weight is 280 g/mol. The maximum atomic E-state index is 14.3. The molecule has 1 heterocycles. The summed E-state index contributed by atoms with van der Waals surface area (Å²) in [6.07, 6.45) is 0. The monoisotopic (exact) mass is 280 g/mol. The van der Waals surface area contributed by atoms with Crippen LogP contribution in [0.5, 0.6) is 0 Å². The molecule has 2 N–H and O–H groups in total. The van der Waals surface area contributed by atoms with Gasteiger partial charge >= 0.3 is 0 Å². The number of hydrogen-bond donors (Lipinski definition) is 2. The van der Waals surface area contributed by atoms with Crippen LogP contribution < -0.4 is 5.32 Å². The van der Waals surface area contributed by atoms with Gasteiger partial charge in [-0.25, -0.2) is 4.39 Å². The fraction of sp³-hybridized carbons (Fsp3) is 0.625. The number of aliphatic hydroxyl groups is 1. The Morgan fingerprint density at radius 2 is 2.00 bits per heavy atom. The van der Waals surface area contributed by atoms with Gasteiger partial charge in [0, 0.05) is 49.8 Å². The number of benzene rings is 1. The zero-order valence-electron chi connectivity index (χ0n) is 12.6. The van der Waals surface area contributed by atoms with Gasteiger partial charge in [0.1, 0.15) is 5.82 Å². The van der Waals surface area contributed by atoms with E-state index in [0.29, 0.717) is 5.56 Å². The zero-order valence-corrected chi connectivity index (χ0v) is 12.6. The predicted octanol–water partition coefficient (Wildman–Crippen LogP) is 2.10. The van der Waals surface area contributed by atoms with Crippen LogP contribution in [0.4, 0.5) is 4.39 Å². The number of rotatable bonds is 4. The van der Waals surface area contributed by atoms with Gasteiger partial charge in [0.2, 0.25) is 0 Å². The van der Waals surface area contributed by atoms with Crippen molar-refractivity contribution in [1.29, 1.82) is 0 Å². The summed E-state index contributed by atoms with van der Waals surface area (Å²) in [5, 5.41) is 13.1. The second-order valence-corrected chi connectivity index (χ2v) is 6.36. The highest BCUT2D eigenvalue weighted by Crippen LogP contribution is 2.39. The van der Waals surface area contributed by atoms with E-state index < -0.39 is 0 Å². The first-order valence-corrected chi connectivity index (χ1v) is 7.27. The summed E-state index contributed by atoms with van der Waals surface area (Å²) >= 11 is 0. The van der Waals surface area contributed by atoms with Gasteiger partial charge in [-0.1, -0.05) is 31.5 Å². The Balaban J connectivity index is 2.42. The first kappa shape index (κ1) is 15.4. The van der Waals surface area contributed by atoms with E-state index in [1.54, 1.807) is 6.07 Å². The minimum absolute atomic E-state index is 0.0367. The van der Waals surface area contributed by atoms with E-state index in [1.165, 1.54) is 6.07 Å². The van der Waals surface area contributed by atoms with Crippen LogP contribution in [0.2, 0.25) is 0 Å². The summed E-state index contributed by atoms with van der Waals surface area (Å²) in [5.74, 6) is -0.180. The molecule has 0 saturated carbocycles. The molecule has 1 aromatic rings. The molecule has 112 valence electrons. The molecule has 4 heteroatoms. The highest BCUT2D eigenvalue weighted by molar-refractivity contribution is 5.28. The average Bonchev–Trinajstić information content (AvgIpc) is 2.44. The lowest BCUT2D eigenvalue weighted by Gasteiger charge is -2.43. The molecule has 2 rings (SSSR count). The number of aliphatic hydroxyl groups excluding tert-OH is 1. The van der Waals surface area contributed by atoms with Crippen LogP contribution in [0.1, 0.15) is 31.0 Å². The highest BCUT2D eigenvalue weighted by Gasteiger charge is 2.37. The molecule has 0 aromatic heterocycles. The van der Waals surface area contributed by atoms with Gasteiger partial charge < -0.3 is 10.4 Å². The fourth-order valence-electron chi connectivity index (χ4n) is 3.01. The highest BCUT2D eigenvalue weighted by atomic mass is 19.1. The third-order valence-electron chi connectivity index (χ3n) is 4.11. The zero-order chi connectivity index (χ0) is 14.8. The van der Waals surface area contributed by atoms with Crippen LogP contribution in [0.3, 0.4) is 0 Å². The Hall–Kier alpha value is -0.970. The first-order chi connectivity index (χ1) is 9.45. The molecule has 0 spiro atoms. The Labute approximate surface area is 120 Å². The third kappa shape index (κ3) is 3.19. The number of nitrogens with zero attached hydrogens (tertiary/aromatic N) is 1. The largest absolute Gasteiger partial charge is 0.396 e. The Morgan fingerprint density at radius 1 is 1.35 bits per heavy atom. The maximum absolute atomic E-state index is 14.3. The number of aryl methyl sites for hydroxylation is 1. The molecule has 0 unspecified atom stereocenters. The number of halogens is 1. The van der Waals surface area contributed by atoms with Crippen molar-refractivity contribution in [2.24, 2.45) is 5.41 Å². The van der Waals surface area contributed by atoms with E-state index in [-0.39, 0.29) is 23.9 Å². The van der Waals surface area contributed by atoms with Crippen LogP contribution in [-0.2, 0) is 0 Å². The minimum Gasteiger partial charge on any atom is -0.396 e. The van der Waals surface area contributed by atoms with E-state index in [0.717, 1.165) is 31.7 Å². The van der Waals surface area contributed by atoms with E-state index in [9.17, 15) is 9.50 Å². The topological polar surface area (TPSA) is 35.5 Å². The summed E-state index contributed by atoms with van der Waals surface area (Å²) in [6.45, 7) is 9.58. The van der Waals surface area contributed by atoms with E-state index >= 15 is 0 Å². The lowest BCUT2D eigenvalue weighted by atomic mass is 9.79. The molecule has 1 atom stereocenters. The third-order valence-corrected chi connectivity index (χ3v) is 4.11. The molecule has 1 aliphatic rings. The molecule has 1 saturated heterocycles. The van der Waals surface area contributed by atoms with E-state index in [1.807, 2.05) is 26.8 Å². The first-order valence-electron chi connectivity index (χ1n) is 7.27. The van der Waals surface area contributed by atoms with Gasteiger partial charge in [0.25, 0.3) is 0 Å². The smallest absolute Gasteiger partial charge is 0.128 e. The van der Waals surface area contributed by atoms with Gasteiger partial charge in [-0.2, -0.15) is 0 Å². The van der Waals surface area contributed by atoms with Crippen LogP contribution in [0, 0.1) is 18.2 Å². The van der Waals surface area contributed by atoms with Crippen molar-refractivity contribution in [2.75, 3.05) is 32.8 Å². The number of piperazine rings is 1. The fourth-order valence-corrected chi connectivity index (χ4v) is 3.01. The molecular weight excluding hydrogens is 255 g/mol. The molecule has 0 aliphatic carbocycles. The molecule has 1 aromatic carbocycles. The molecule has 0 bridgehead atoms. The van der Waals surface area contributed by atoms with Crippen molar-refractivity contribution in [1.82, 2.24) is 10.2 Å². The normalized spacial score (nSPS) is 19.1. The Kier molecular flexibility index (Phi) is 4.78. The summed E-state index contributed by atoms with van der Waals surface area (Å²) in [7, 11) is 0. The van der Waals surface area contributed by atoms with Crippen LogP contribution in [-0.4, -0.2) is 42.8 Å². The summed E-state index contributed by atoms with van der Waals surface area (Å²) in [4.78, 5) is 2.28. The molecule has 0 amide bonds. The van der Waals surface area contributed by atoms with Crippen LogP contribution in [0.15, 0.2) is 18.2 Å².